The Bertz CT molecular complexity index is 709. The van der Waals surface area contributed by atoms with Crippen LogP contribution in [0.4, 0.5) is 17.2 Å². The Kier molecular flexibility index (Phi) is 5.89. The van der Waals surface area contributed by atoms with Gasteiger partial charge in [0.1, 0.15) is 5.82 Å². The van der Waals surface area contributed by atoms with Crippen LogP contribution in [0.1, 0.15) is 31.1 Å². The molecule has 24 heavy (non-hydrogen) atoms. The van der Waals surface area contributed by atoms with Gasteiger partial charge in [-0.1, -0.05) is 0 Å². The van der Waals surface area contributed by atoms with Crippen LogP contribution in [0.5, 0.6) is 0 Å². The van der Waals surface area contributed by atoms with Gasteiger partial charge in [0.05, 0.1) is 0 Å². The molecule has 1 aromatic carbocycles. The molecule has 2 rings (SSSR count). The van der Waals surface area contributed by atoms with E-state index in [1.54, 1.807) is 12.1 Å². The number of pyridine rings is 1. The summed E-state index contributed by atoms with van der Waals surface area (Å²) < 4.78 is 0. The molecule has 2 N–H and O–H groups in total. The Balaban J connectivity index is 2.08. The van der Waals surface area contributed by atoms with Crippen LogP contribution in [0.3, 0.4) is 0 Å². The number of anilines is 3. The number of nitrogens with one attached hydrogen (secondary N) is 2. The standard InChI is InChI=1S/C18H22N4O2/c1-4-22(5-2)16-8-6-15(7-9-16)21-18(24)14-10-11-19-17(12-14)20-13(3)23/h6-12H,4-5H2,1-3H3,(H,21,24)(H,19,20,23). The van der Waals surface area contributed by atoms with E-state index in [1.165, 1.54) is 13.1 Å². The molecule has 0 aliphatic carbocycles. The topological polar surface area (TPSA) is 74.3 Å². The summed E-state index contributed by atoms with van der Waals surface area (Å²) in [6, 6.07) is 10.9. The predicted octanol–water partition coefficient (Wildman–Crippen LogP) is 3.14. The summed E-state index contributed by atoms with van der Waals surface area (Å²) >= 11 is 0. The molecule has 0 spiro atoms. The van der Waals surface area contributed by atoms with Gasteiger partial charge < -0.3 is 15.5 Å². The van der Waals surface area contributed by atoms with Gasteiger partial charge in [-0.05, 0) is 50.2 Å². The molecule has 126 valence electrons. The van der Waals surface area contributed by atoms with Crippen LogP contribution in [0.2, 0.25) is 0 Å². The van der Waals surface area contributed by atoms with E-state index in [0.29, 0.717) is 17.1 Å². The van der Waals surface area contributed by atoms with E-state index in [-0.39, 0.29) is 11.8 Å². The van der Waals surface area contributed by atoms with Crippen molar-refractivity contribution >= 4 is 29.0 Å². The lowest BCUT2D eigenvalue weighted by molar-refractivity contribution is -0.114. The maximum absolute atomic E-state index is 12.3. The number of hydrogen-bond acceptors (Lipinski definition) is 4. The average Bonchev–Trinajstić information content (AvgIpc) is 2.57. The zero-order valence-electron chi connectivity index (χ0n) is 14.2. The summed E-state index contributed by atoms with van der Waals surface area (Å²) in [5, 5.41) is 5.40. The molecule has 0 atom stereocenters. The zero-order valence-corrected chi connectivity index (χ0v) is 14.2. The van der Waals surface area contributed by atoms with Crippen molar-refractivity contribution in [2.45, 2.75) is 20.8 Å². The first-order chi connectivity index (χ1) is 11.5. The first-order valence-electron chi connectivity index (χ1n) is 7.93. The molecule has 0 saturated carbocycles. The number of rotatable bonds is 6. The molecule has 1 heterocycles. The summed E-state index contributed by atoms with van der Waals surface area (Å²) in [5.74, 6) is -0.126. The van der Waals surface area contributed by atoms with E-state index in [0.717, 1.165) is 18.8 Å². The number of hydrogen-bond donors (Lipinski definition) is 2. The molecular weight excluding hydrogens is 304 g/mol. The Morgan fingerprint density at radius 2 is 1.71 bits per heavy atom. The second kappa shape index (κ2) is 8.10. The molecule has 0 unspecified atom stereocenters. The molecule has 0 aliphatic heterocycles. The number of amides is 2. The van der Waals surface area contributed by atoms with Gasteiger partial charge in [0.25, 0.3) is 5.91 Å². The van der Waals surface area contributed by atoms with Gasteiger partial charge in [0.15, 0.2) is 0 Å². The molecule has 0 bridgehead atoms. The van der Waals surface area contributed by atoms with E-state index in [4.69, 9.17) is 0 Å². The molecule has 6 heteroatoms. The van der Waals surface area contributed by atoms with Gasteiger partial charge >= 0.3 is 0 Å². The highest BCUT2D eigenvalue weighted by atomic mass is 16.2. The fraction of sp³-hybridized carbons (Fsp3) is 0.278. The molecule has 6 nitrogen and oxygen atoms in total. The monoisotopic (exact) mass is 326 g/mol. The first kappa shape index (κ1) is 17.5. The average molecular weight is 326 g/mol. The van der Waals surface area contributed by atoms with Gasteiger partial charge in [0.2, 0.25) is 5.91 Å². The summed E-state index contributed by atoms with van der Waals surface area (Å²) in [4.78, 5) is 29.6. The van der Waals surface area contributed by atoms with Gasteiger partial charge in [-0.25, -0.2) is 4.98 Å². The molecule has 2 aromatic rings. The van der Waals surface area contributed by atoms with Crippen LogP contribution in [0, 0.1) is 0 Å². The van der Waals surface area contributed by atoms with Gasteiger partial charge in [-0.3, -0.25) is 9.59 Å². The predicted molar refractivity (Wildman–Crippen MR) is 96.5 cm³/mol. The first-order valence-corrected chi connectivity index (χ1v) is 7.93. The van der Waals surface area contributed by atoms with Crippen molar-refractivity contribution in [3.05, 3.63) is 48.2 Å². The summed E-state index contributed by atoms with van der Waals surface area (Å²) in [5.41, 5.74) is 2.27. The van der Waals surface area contributed by atoms with Crippen LogP contribution in [0.15, 0.2) is 42.6 Å². The van der Waals surface area contributed by atoms with Gasteiger partial charge in [-0.2, -0.15) is 0 Å². The molecule has 0 aliphatic rings. The lowest BCUT2D eigenvalue weighted by Gasteiger charge is -2.21. The van der Waals surface area contributed by atoms with E-state index in [2.05, 4.69) is 34.4 Å². The number of carbonyl (C=O) groups excluding carboxylic acids is 2. The van der Waals surface area contributed by atoms with Crippen molar-refractivity contribution in [3.63, 3.8) is 0 Å². The minimum atomic E-state index is -0.250. The Morgan fingerprint density at radius 3 is 2.29 bits per heavy atom. The maximum Gasteiger partial charge on any atom is 0.255 e. The van der Waals surface area contributed by atoms with E-state index in [9.17, 15) is 9.59 Å². The van der Waals surface area contributed by atoms with Crippen LogP contribution in [0.25, 0.3) is 0 Å². The minimum absolute atomic E-state index is 0.230. The summed E-state index contributed by atoms with van der Waals surface area (Å²) in [6.45, 7) is 7.48. The molecule has 0 fully saturated rings. The highest BCUT2D eigenvalue weighted by Crippen LogP contribution is 2.18. The third-order valence-electron chi connectivity index (χ3n) is 3.58. The number of benzene rings is 1. The van der Waals surface area contributed by atoms with Crippen LogP contribution in [-0.2, 0) is 4.79 Å². The normalized spacial score (nSPS) is 10.1. The molecule has 2 amide bonds. The minimum Gasteiger partial charge on any atom is -0.372 e. The van der Waals surface area contributed by atoms with Crippen molar-refractivity contribution in [1.82, 2.24) is 4.98 Å². The third-order valence-corrected chi connectivity index (χ3v) is 3.58. The Hall–Kier alpha value is -2.89. The van der Waals surface area contributed by atoms with Crippen molar-refractivity contribution in [1.29, 1.82) is 0 Å². The zero-order chi connectivity index (χ0) is 17.5. The fourth-order valence-corrected chi connectivity index (χ4v) is 2.37. The SMILES string of the molecule is CCN(CC)c1ccc(NC(=O)c2ccnc(NC(C)=O)c2)cc1. The summed E-state index contributed by atoms with van der Waals surface area (Å²) in [6.07, 6.45) is 1.49. The van der Waals surface area contributed by atoms with Gasteiger partial charge in [-0.15, -0.1) is 0 Å². The smallest absolute Gasteiger partial charge is 0.255 e. The van der Waals surface area contributed by atoms with Crippen LogP contribution < -0.4 is 15.5 Å². The number of nitrogens with zero attached hydrogens (tertiary/aromatic N) is 2. The van der Waals surface area contributed by atoms with Crippen LogP contribution in [-0.4, -0.2) is 29.9 Å². The molecular formula is C18H22N4O2. The molecule has 0 saturated heterocycles. The fourth-order valence-electron chi connectivity index (χ4n) is 2.37. The third kappa shape index (κ3) is 4.55. The Morgan fingerprint density at radius 1 is 1.04 bits per heavy atom. The van der Waals surface area contributed by atoms with Crippen molar-refractivity contribution in [2.75, 3.05) is 28.6 Å². The second-order valence-corrected chi connectivity index (χ2v) is 5.28. The highest BCUT2D eigenvalue weighted by Gasteiger charge is 2.09. The highest BCUT2D eigenvalue weighted by molar-refractivity contribution is 6.05. The van der Waals surface area contributed by atoms with E-state index >= 15 is 0 Å². The lowest BCUT2D eigenvalue weighted by atomic mass is 10.2. The van der Waals surface area contributed by atoms with Gasteiger partial charge in [0, 0.05) is 43.1 Å². The quantitative estimate of drug-likeness (QED) is 0.855. The van der Waals surface area contributed by atoms with Crippen molar-refractivity contribution < 1.29 is 9.59 Å². The molecule has 0 radical (unpaired) electrons. The van der Waals surface area contributed by atoms with Crippen molar-refractivity contribution in [2.24, 2.45) is 0 Å². The number of carbonyl (C=O) groups is 2. The van der Waals surface area contributed by atoms with E-state index < -0.39 is 0 Å². The van der Waals surface area contributed by atoms with Crippen LogP contribution >= 0.6 is 0 Å². The molecule has 1 aromatic heterocycles. The number of aromatic nitrogens is 1. The van der Waals surface area contributed by atoms with E-state index in [1.807, 2.05) is 24.3 Å². The Labute approximate surface area is 141 Å². The second-order valence-electron chi connectivity index (χ2n) is 5.28. The largest absolute Gasteiger partial charge is 0.372 e. The lowest BCUT2D eigenvalue weighted by Crippen LogP contribution is -2.21. The maximum atomic E-state index is 12.3. The van der Waals surface area contributed by atoms with Crippen molar-refractivity contribution in [3.8, 4) is 0 Å². The summed E-state index contributed by atoms with van der Waals surface area (Å²) in [7, 11) is 0.